The van der Waals surface area contributed by atoms with Gasteiger partial charge in [-0.15, -0.1) is 0 Å². The van der Waals surface area contributed by atoms with Crippen LogP contribution in [0.15, 0.2) is 54.9 Å². The number of H-pyrrole nitrogens is 1. The van der Waals surface area contributed by atoms with Gasteiger partial charge in [0, 0.05) is 24.2 Å². The van der Waals surface area contributed by atoms with E-state index >= 15 is 0 Å². The van der Waals surface area contributed by atoms with E-state index in [1.807, 2.05) is 44.4 Å². The Hall–Kier alpha value is -2.92. The van der Waals surface area contributed by atoms with Crippen molar-refractivity contribution in [3.05, 3.63) is 71.9 Å². The Bertz CT molecular complexity index is 1030. The number of nitrogens with zero attached hydrogens (tertiary/aromatic N) is 3. The number of fused-ring (bicyclic) bond motifs is 1. The van der Waals surface area contributed by atoms with Crippen LogP contribution in [0.2, 0.25) is 0 Å². The molecule has 2 N–H and O–H groups in total. The van der Waals surface area contributed by atoms with Gasteiger partial charge in [-0.25, -0.2) is 9.97 Å². The van der Waals surface area contributed by atoms with Gasteiger partial charge in [0.05, 0.1) is 29.2 Å². The predicted octanol–water partition coefficient (Wildman–Crippen LogP) is 3.71. The normalized spacial score (nSPS) is 12.6. The van der Waals surface area contributed by atoms with E-state index in [1.54, 1.807) is 0 Å². The average molecular weight is 346 g/mol. The molecule has 4 aromatic rings. The highest BCUT2D eigenvalue weighted by Crippen LogP contribution is 2.24. The van der Waals surface area contributed by atoms with Gasteiger partial charge in [-0.1, -0.05) is 36.4 Å². The highest BCUT2D eigenvalue weighted by Gasteiger charge is 2.15. The molecule has 0 amide bonds. The van der Waals surface area contributed by atoms with E-state index < -0.39 is 6.10 Å². The first-order valence-electron chi connectivity index (χ1n) is 8.83. The minimum atomic E-state index is -0.425. The molecule has 2 heterocycles. The Labute approximate surface area is 152 Å². The third-order valence-electron chi connectivity index (χ3n) is 4.50. The molecule has 0 spiro atoms. The number of hydrogen-bond acceptors (Lipinski definition) is 3. The zero-order valence-electron chi connectivity index (χ0n) is 15.0. The lowest BCUT2D eigenvalue weighted by molar-refractivity contribution is 0.193. The molecule has 2 aromatic heterocycles. The van der Waals surface area contributed by atoms with Gasteiger partial charge in [-0.2, -0.15) is 0 Å². The molecule has 0 fully saturated rings. The van der Waals surface area contributed by atoms with Crippen LogP contribution in [0.25, 0.3) is 22.3 Å². The summed E-state index contributed by atoms with van der Waals surface area (Å²) >= 11 is 0. The minimum absolute atomic E-state index is 0.425. The Balaban J connectivity index is 1.71. The monoisotopic (exact) mass is 346 g/mol. The number of imidazole rings is 2. The second-order valence-electron chi connectivity index (χ2n) is 6.76. The van der Waals surface area contributed by atoms with E-state index in [0.29, 0.717) is 13.0 Å². The van der Waals surface area contributed by atoms with Gasteiger partial charge in [-0.3, -0.25) is 0 Å². The highest BCUT2D eigenvalue weighted by molar-refractivity contribution is 5.75. The van der Waals surface area contributed by atoms with E-state index in [0.717, 1.165) is 33.8 Å². The Morgan fingerprint density at radius 3 is 2.73 bits per heavy atom. The summed E-state index contributed by atoms with van der Waals surface area (Å²) in [6.45, 7) is 4.48. The molecule has 132 valence electrons. The summed E-state index contributed by atoms with van der Waals surface area (Å²) in [4.78, 5) is 12.4. The van der Waals surface area contributed by atoms with Crippen LogP contribution in [-0.4, -0.2) is 30.7 Å². The van der Waals surface area contributed by atoms with E-state index in [1.165, 1.54) is 5.56 Å². The van der Waals surface area contributed by atoms with Crippen molar-refractivity contribution >= 4 is 11.0 Å². The molecule has 0 saturated heterocycles. The van der Waals surface area contributed by atoms with Crippen molar-refractivity contribution in [3.8, 4) is 11.3 Å². The lowest BCUT2D eigenvalue weighted by Crippen LogP contribution is -2.11. The maximum absolute atomic E-state index is 9.98. The number of hydrogen-bond donors (Lipinski definition) is 2. The molecule has 0 aliphatic carbocycles. The summed E-state index contributed by atoms with van der Waals surface area (Å²) in [7, 11) is 0. The first-order valence-corrected chi connectivity index (χ1v) is 8.83. The van der Waals surface area contributed by atoms with Gasteiger partial charge in [0.2, 0.25) is 0 Å². The van der Waals surface area contributed by atoms with Gasteiger partial charge in [0.15, 0.2) is 0 Å². The van der Waals surface area contributed by atoms with Crippen molar-refractivity contribution in [2.45, 2.75) is 32.9 Å². The van der Waals surface area contributed by atoms with Crippen molar-refractivity contribution < 1.29 is 5.11 Å². The summed E-state index contributed by atoms with van der Waals surface area (Å²) in [5.41, 5.74) is 6.25. The zero-order valence-corrected chi connectivity index (χ0v) is 15.0. The number of aromatic nitrogens is 4. The second kappa shape index (κ2) is 6.77. The molecule has 2 aromatic carbocycles. The lowest BCUT2D eigenvalue weighted by Gasteiger charge is -2.12. The molecule has 4 rings (SSSR count). The van der Waals surface area contributed by atoms with Crippen molar-refractivity contribution in [1.29, 1.82) is 0 Å². The summed E-state index contributed by atoms with van der Waals surface area (Å²) < 4.78 is 2.12. The molecule has 0 saturated carbocycles. The van der Waals surface area contributed by atoms with Crippen molar-refractivity contribution in [2.24, 2.45) is 0 Å². The van der Waals surface area contributed by atoms with Crippen molar-refractivity contribution in [1.82, 2.24) is 19.5 Å². The van der Waals surface area contributed by atoms with Crippen LogP contribution in [0.5, 0.6) is 0 Å². The van der Waals surface area contributed by atoms with E-state index in [2.05, 4.69) is 43.8 Å². The fraction of sp³-hybridized carbons (Fsp3) is 0.238. The molecule has 1 unspecified atom stereocenters. The summed E-state index contributed by atoms with van der Waals surface area (Å²) in [6.07, 6.45) is 2.00. The molecule has 0 aliphatic rings. The topological polar surface area (TPSA) is 66.7 Å². The quantitative estimate of drug-likeness (QED) is 0.579. The first kappa shape index (κ1) is 16.5. The van der Waals surface area contributed by atoms with Crippen LogP contribution >= 0.6 is 0 Å². The molecule has 5 nitrogen and oxygen atoms in total. The van der Waals surface area contributed by atoms with Gasteiger partial charge in [0.25, 0.3) is 0 Å². The van der Waals surface area contributed by atoms with Gasteiger partial charge < -0.3 is 14.7 Å². The molecular weight excluding hydrogens is 324 g/mol. The van der Waals surface area contributed by atoms with E-state index in [-0.39, 0.29) is 0 Å². The number of aliphatic hydroxyl groups is 1. The maximum atomic E-state index is 9.98. The van der Waals surface area contributed by atoms with Gasteiger partial charge in [-0.05, 0) is 31.5 Å². The third kappa shape index (κ3) is 3.26. The number of aliphatic hydroxyl groups excluding tert-OH is 1. The highest BCUT2D eigenvalue weighted by atomic mass is 16.3. The predicted molar refractivity (Wildman–Crippen MR) is 103 cm³/mol. The average Bonchev–Trinajstić information content (AvgIpc) is 3.18. The van der Waals surface area contributed by atoms with Crippen LogP contribution in [0, 0.1) is 6.92 Å². The number of rotatable bonds is 5. The van der Waals surface area contributed by atoms with E-state index in [4.69, 9.17) is 0 Å². The van der Waals surface area contributed by atoms with E-state index in [9.17, 15) is 5.11 Å². The minimum Gasteiger partial charge on any atom is -0.393 e. The zero-order chi connectivity index (χ0) is 18.1. The smallest absolute Gasteiger partial charge is 0.104 e. The first-order chi connectivity index (χ1) is 12.6. The van der Waals surface area contributed by atoms with Crippen LogP contribution in [0.4, 0.5) is 0 Å². The standard InChI is InChI=1S/C21H22N4O/c1-14(26)10-20-21(17-6-4-3-5-7-17)22-13-25(20)12-16-8-9-18-19(11-16)24-15(2)23-18/h3-9,11,13-14,26H,10,12H2,1-2H3,(H,23,24). The largest absolute Gasteiger partial charge is 0.393 e. The van der Waals surface area contributed by atoms with Gasteiger partial charge >= 0.3 is 0 Å². The Kier molecular flexibility index (Phi) is 4.31. The molecule has 0 bridgehead atoms. The van der Waals surface area contributed by atoms with Crippen molar-refractivity contribution in [3.63, 3.8) is 0 Å². The van der Waals surface area contributed by atoms with Gasteiger partial charge in [0.1, 0.15) is 5.82 Å². The van der Waals surface area contributed by atoms with Crippen LogP contribution < -0.4 is 0 Å². The summed E-state index contributed by atoms with van der Waals surface area (Å²) in [5.74, 6) is 0.918. The van der Waals surface area contributed by atoms with Crippen LogP contribution in [0.3, 0.4) is 0 Å². The summed E-state index contributed by atoms with van der Waals surface area (Å²) in [6, 6.07) is 16.4. The third-order valence-corrected chi connectivity index (χ3v) is 4.50. The summed E-state index contributed by atoms with van der Waals surface area (Å²) in [5, 5.41) is 9.98. The fourth-order valence-electron chi connectivity index (χ4n) is 3.35. The Morgan fingerprint density at radius 1 is 1.15 bits per heavy atom. The number of aromatic amines is 1. The fourth-order valence-corrected chi connectivity index (χ4v) is 3.35. The SMILES string of the molecule is Cc1nc2ccc(Cn3cnc(-c4ccccc4)c3CC(C)O)cc2[nH]1. The second-order valence-corrected chi connectivity index (χ2v) is 6.76. The van der Waals surface area contributed by atoms with Crippen LogP contribution in [-0.2, 0) is 13.0 Å². The van der Waals surface area contributed by atoms with Crippen molar-refractivity contribution in [2.75, 3.05) is 0 Å². The lowest BCUT2D eigenvalue weighted by atomic mass is 10.1. The maximum Gasteiger partial charge on any atom is 0.104 e. The number of nitrogens with one attached hydrogen (secondary N) is 1. The molecular formula is C21H22N4O. The molecule has 26 heavy (non-hydrogen) atoms. The Morgan fingerprint density at radius 2 is 1.96 bits per heavy atom. The molecule has 5 heteroatoms. The molecule has 0 aliphatic heterocycles. The number of aryl methyl sites for hydroxylation is 1. The molecule has 0 radical (unpaired) electrons. The number of benzene rings is 2. The van der Waals surface area contributed by atoms with Crippen LogP contribution in [0.1, 0.15) is 24.0 Å². The molecule has 1 atom stereocenters.